The van der Waals surface area contributed by atoms with Gasteiger partial charge in [0, 0.05) is 0 Å². The molecule has 0 radical (unpaired) electrons. The van der Waals surface area contributed by atoms with Crippen LogP contribution < -0.4 is 0 Å². The molecule has 2 saturated heterocycles. The molecule has 2 aliphatic heterocycles. The van der Waals surface area contributed by atoms with Crippen LogP contribution in [0.25, 0.3) is 0 Å². The van der Waals surface area contributed by atoms with E-state index in [0.29, 0.717) is 25.7 Å². The molecule has 318 valence electrons. The smallest absolute Gasteiger partial charge is 0.187 e. The average Bonchev–Trinajstić information content (AvgIpc) is 3.51. The molecule has 13 nitrogen and oxygen atoms in total. The van der Waals surface area contributed by atoms with Crippen LogP contribution in [0.15, 0.2) is 11.6 Å². The molecule has 0 aromatic heterocycles. The first-order valence-corrected chi connectivity index (χ1v) is 20.9. The largest absolute Gasteiger partial charge is 0.394 e. The van der Waals surface area contributed by atoms with Crippen molar-refractivity contribution in [2.45, 2.75) is 192 Å². The van der Waals surface area contributed by atoms with Crippen molar-refractivity contribution >= 4 is 0 Å². The molecule has 0 spiro atoms. The van der Waals surface area contributed by atoms with E-state index in [1.807, 2.05) is 20.8 Å². The van der Waals surface area contributed by atoms with Crippen molar-refractivity contribution in [3.8, 4) is 0 Å². The third kappa shape index (κ3) is 7.10. The summed E-state index contributed by atoms with van der Waals surface area (Å²) >= 11 is 0. The first kappa shape index (κ1) is 43.8. The van der Waals surface area contributed by atoms with Crippen LogP contribution >= 0.6 is 0 Å². The highest BCUT2D eigenvalue weighted by Crippen LogP contribution is 2.76. The first-order valence-electron chi connectivity index (χ1n) is 20.9. The quantitative estimate of drug-likeness (QED) is 0.115. The van der Waals surface area contributed by atoms with E-state index in [9.17, 15) is 46.0 Å². The highest BCUT2D eigenvalue weighted by Gasteiger charge is 2.72. The van der Waals surface area contributed by atoms with Gasteiger partial charge in [-0.15, -0.1) is 0 Å². The molecule has 4 aliphatic carbocycles. The fourth-order valence-corrected chi connectivity index (χ4v) is 13.4. The summed E-state index contributed by atoms with van der Waals surface area (Å²) in [6, 6.07) is 0. The van der Waals surface area contributed by atoms with Crippen LogP contribution in [0.3, 0.4) is 0 Å². The Kier molecular flexibility index (Phi) is 12.5. The van der Waals surface area contributed by atoms with Gasteiger partial charge in [0.05, 0.1) is 31.0 Å². The van der Waals surface area contributed by atoms with E-state index in [2.05, 4.69) is 40.7 Å². The Hall–Kier alpha value is -0.780. The molecular weight excluding hydrogens is 712 g/mol. The summed E-state index contributed by atoms with van der Waals surface area (Å²) in [5.74, 6) is 0.196. The highest BCUT2D eigenvalue weighted by atomic mass is 16.7. The molecule has 6 rings (SSSR count). The maximum absolute atomic E-state index is 12.5. The van der Waals surface area contributed by atoms with E-state index in [0.717, 1.165) is 32.1 Å². The minimum absolute atomic E-state index is 0.104. The Morgan fingerprint density at radius 2 is 1.27 bits per heavy atom. The fourth-order valence-electron chi connectivity index (χ4n) is 13.4. The second-order valence-corrected chi connectivity index (χ2v) is 20.1. The summed E-state index contributed by atoms with van der Waals surface area (Å²) in [7, 11) is 0. The van der Waals surface area contributed by atoms with E-state index in [4.69, 9.17) is 18.9 Å². The lowest BCUT2D eigenvalue weighted by Gasteiger charge is -2.71. The maximum Gasteiger partial charge on any atom is 0.187 e. The molecule has 20 atom stereocenters. The van der Waals surface area contributed by atoms with E-state index < -0.39 is 86.3 Å². The lowest BCUT2D eigenvalue weighted by atomic mass is 9.35. The minimum Gasteiger partial charge on any atom is -0.394 e. The molecule has 9 N–H and O–H groups in total. The zero-order valence-electron chi connectivity index (χ0n) is 34.3. The number of hydrogen-bond donors (Lipinski definition) is 9. The fraction of sp³-hybridized carbons (Fsp3) is 0.952. The summed E-state index contributed by atoms with van der Waals surface area (Å²) in [6.45, 7) is 16.6. The Morgan fingerprint density at radius 3 is 1.85 bits per heavy atom. The van der Waals surface area contributed by atoms with Gasteiger partial charge in [0.2, 0.25) is 0 Å². The Labute approximate surface area is 327 Å². The van der Waals surface area contributed by atoms with Crippen LogP contribution in [-0.2, 0) is 18.9 Å². The lowest BCUT2D eigenvalue weighted by Crippen LogP contribution is -2.67. The van der Waals surface area contributed by atoms with Crippen LogP contribution in [0.5, 0.6) is 0 Å². The van der Waals surface area contributed by atoms with Gasteiger partial charge in [-0.2, -0.15) is 0 Å². The summed E-state index contributed by atoms with van der Waals surface area (Å²) in [5.41, 5.74) is -0.592. The predicted octanol–water partition coefficient (Wildman–Crippen LogP) is 2.15. The number of hydrogen-bond acceptors (Lipinski definition) is 13. The standard InChI is InChI=1S/C42H72O13/c1-21(2)10-9-14-42(8,55-37-35(51)33(49)31(47)25(20-44)53-37)22-11-16-41(7)29(22)23(45)18-27-39(5)15-13-28(38(3,4)26(39)12-17-40(27,41)6)54-36-34(50)32(48)30(46)24(19-43)52-36/h10,22-37,43-51H,9,11-20H2,1-8H3/t22-,23+,24+,25+,26-,27+,28-,29-,30+,31+,32-,33-,34+,35+,36-,37-,39-,40+,41-,42-/m0/s1. The van der Waals surface area contributed by atoms with Gasteiger partial charge in [0.15, 0.2) is 12.6 Å². The van der Waals surface area contributed by atoms with Crippen LogP contribution in [0.4, 0.5) is 0 Å². The first-order chi connectivity index (χ1) is 25.6. The molecule has 55 heavy (non-hydrogen) atoms. The second kappa shape index (κ2) is 15.7. The van der Waals surface area contributed by atoms with Crippen molar-refractivity contribution in [2.75, 3.05) is 13.2 Å². The van der Waals surface area contributed by atoms with Gasteiger partial charge < -0.3 is 64.9 Å². The van der Waals surface area contributed by atoms with Gasteiger partial charge in [-0.3, -0.25) is 0 Å². The molecule has 0 unspecified atom stereocenters. The number of fused-ring (bicyclic) bond motifs is 5. The third-order valence-electron chi connectivity index (χ3n) is 16.7. The Morgan fingerprint density at radius 1 is 0.709 bits per heavy atom. The van der Waals surface area contributed by atoms with Crippen molar-refractivity contribution in [1.29, 1.82) is 0 Å². The van der Waals surface area contributed by atoms with Crippen molar-refractivity contribution < 1.29 is 64.9 Å². The number of aliphatic hydroxyl groups excluding tert-OH is 9. The van der Waals surface area contributed by atoms with Crippen molar-refractivity contribution in [2.24, 2.45) is 45.3 Å². The molecule has 4 saturated carbocycles. The third-order valence-corrected chi connectivity index (χ3v) is 16.7. The summed E-state index contributed by atoms with van der Waals surface area (Å²) in [4.78, 5) is 0. The van der Waals surface area contributed by atoms with E-state index in [1.165, 1.54) is 5.57 Å². The molecule has 0 amide bonds. The molecule has 0 aromatic carbocycles. The van der Waals surface area contributed by atoms with E-state index in [1.54, 1.807) is 0 Å². The maximum atomic E-state index is 12.5. The number of aliphatic hydroxyl groups is 9. The summed E-state index contributed by atoms with van der Waals surface area (Å²) in [5, 5.41) is 95.9. The van der Waals surface area contributed by atoms with Crippen LogP contribution in [0.1, 0.15) is 113 Å². The van der Waals surface area contributed by atoms with Crippen molar-refractivity contribution in [1.82, 2.24) is 0 Å². The van der Waals surface area contributed by atoms with E-state index >= 15 is 0 Å². The van der Waals surface area contributed by atoms with Gasteiger partial charge in [0.25, 0.3) is 0 Å². The minimum atomic E-state index is -1.55. The molecule has 0 bridgehead atoms. The normalized spacial score (nSPS) is 52.0. The molecule has 2 heterocycles. The predicted molar refractivity (Wildman–Crippen MR) is 201 cm³/mol. The zero-order chi connectivity index (χ0) is 40.6. The topological polar surface area (TPSA) is 219 Å². The Bertz CT molecular complexity index is 1370. The van der Waals surface area contributed by atoms with E-state index in [-0.39, 0.29) is 51.4 Å². The number of ether oxygens (including phenoxy) is 4. The van der Waals surface area contributed by atoms with Gasteiger partial charge in [0.1, 0.15) is 48.8 Å². The molecule has 13 heteroatoms. The number of rotatable bonds is 10. The SMILES string of the molecule is CC(C)=CCC[C@](C)(O[C@@H]1O[C@H](CO)[C@@H](O)[C@H](O)[C@H]1O)[C@H]1CC[C@@]2(C)[C@@H]1[C@H](O)C[C@@H]1[C@@]3(C)CC[C@H](O[C@@H]4O[C@H](CO)[C@@H](O)[C@H](O)[C@H]4O)C(C)(C)[C@@H]3CC[C@]12C. The summed E-state index contributed by atoms with van der Waals surface area (Å²) < 4.78 is 24.9. The van der Waals surface area contributed by atoms with Crippen LogP contribution in [0, 0.1) is 45.3 Å². The van der Waals surface area contributed by atoms with Crippen LogP contribution in [-0.4, -0.2) is 138 Å². The summed E-state index contributed by atoms with van der Waals surface area (Å²) in [6.07, 6.45) is -5.39. The van der Waals surface area contributed by atoms with Crippen molar-refractivity contribution in [3.05, 3.63) is 11.6 Å². The monoisotopic (exact) mass is 784 g/mol. The second-order valence-electron chi connectivity index (χ2n) is 20.1. The average molecular weight is 785 g/mol. The van der Waals surface area contributed by atoms with Crippen LogP contribution in [0.2, 0.25) is 0 Å². The molecule has 0 aromatic rings. The highest BCUT2D eigenvalue weighted by molar-refractivity contribution is 5.20. The Balaban J connectivity index is 1.26. The number of allylic oxidation sites excluding steroid dienone is 2. The molecule has 6 aliphatic rings. The lowest BCUT2D eigenvalue weighted by molar-refractivity contribution is -0.338. The van der Waals surface area contributed by atoms with Gasteiger partial charge in [-0.05, 0) is 124 Å². The molecule has 6 fully saturated rings. The van der Waals surface area contributed by atoms with Crippen molar-refractivity contribution in [3.63, 3.8) is 0 Å². The van der Waals surface area contributed by atoms with Gasteiger partial charge >= 0.3 is 0 Å². The van der Waals surface area contributed by atoms with Gasteiger partial charge in [-0.25, -0.2) is 0 Å². The molecular formula is C42H72O13. The zero-order valence-corrected chi connectivity index (χ0v) is 34.3. The van der Waals surface area contributed by atoms with Gasteiger partial charge in [-0.1, -0.05) is 46.3 Å².